The van der Waals surface area contributed by atoms with Gasteiger partial charge in [0.25, 0.3) is 0 Å². The molecule has 1 amide bonds. The van der Waals surface area contributed by atoms with Crippen molar-refractivity contribution in [2.45, 2.75) is 31.7 Å². The Hall–Kier alpha value is -1.10. The molecule has 1 aliphatic carbocycles. The minimum atomic E-state index is -1.06. The van der Waals surface area contributed by atoms with Gasteiger partial charge in [-0.15, -0.1) is 0 Å². The first kappa shape index (κ1) is 12.0. The molecule has 0 aliphatic heterocycles. The highest BCUT2D eigenvalue weighted by Crippen LogP contribution is 2.33. The van der Waals surface area contributed by atoms with Crippen molar-refractivity contribution in [3.8, 4) is 0 Å². The summed E-state index contributed by atoms with van der Waals surface area (Å²) in [4.78, 5) is 22.0. The van der Waals surface area contributed by atoms with Crippen LogP contribution in [0.1, 0.15) is 25.7 Å². The van der Waals surface area contributed by atoms with Crippen molar-refractivity contribution < 1.29 is 19.4 Å². The topological polar surface area (TPSA) is 75.6 Å². The Labute approximate surface area is 88.8 Å². The largest absolute Gasteiger partial charge is 0.480 e. The molecular formula is C10H17NO4. The maximum atomic E-state index is 11.3. The maximum Gasteiger partial charge on any atom is 0.328 e. The third-order valence-corrected chi connectivity index (χ3v) is 2.44. The summed E-state index contributed by atoms with van der Waals surface area (Å²) >= 11 is 0. The molecule has 1 atom stereocenters. The molecule has 1 unspecified atom stereocenters. The van der Waals surface area contributed by atoms with Gasteiger partial charge in [0.05, 0.1) is 6.61 Å². The Balaban J connectivity index is 2.22. The third-order valence-electron chi connectivity index (χ3n) is 2.44. The third kappa shape index (κ3) is 4.78. The first-order valence-corrected chi connectivity index (χ1v) is 5.14. The second-order valence-electron chi connectivity index (χ2n) is 3.90. The average Bonchev–Trinajstić information content (AvgIpc) is 2.97. The van der Waals surface area contributed by atoms with Gasteiger partial charge in [-0.05, 0) is 12.3 Å². The van der Waals surface area contributed by atoms with Gasteiger partial charge in [0.15, 0.2) is 6.04 Å². The van der Waals surface area contributed by atoms with Crippen LogP contribution in [0, 0.1) is 5.92 Å². The van der Waals surface area contributed by atoms with Crippen molar-refractivity contribution >= 4 is 11.9 Å². The van der Waals surface area contributed by atoms with E-state index in [1.807, 2.05) is 0 Å². The lowest BCUT2D eigenvalue weighted by Gasteiger charge is -2.13. The lowest BCUT2D eigenvalue weighted by molar-refractivity contribution is -0.143. The molecule has 0 radical (unpaired) electrons. The molecule has 0 aromatic rings. The predicted molar refractivity (Wildman–Crippen MR) is 53.4 cm³/mol. The summed E-state index contributed by atoms with van der Waals surface area (Å²) in [7, 11) is 1.41. The number of hydrogen-bond acceptors (Lipinski definition) is 3. The summed E-state index contributed by atoms with van der Waals surface area (Å²) in [5, 5.41) is 11.2. The number of carbonyl (C=O) groups is 2. The Morgan fingerprint density at radius 3 is 2.67 bits per heavy atom. The number of carbonyl (C=O) groups excluding carboxylic acids is 1. The fourth-order valence-electron chi connectivity index (χ4n) is 1.35. The van der Waals surface area contributed by atoms with Gasteiger partial charge >= 0.3 is 5.97 Å². The Bertz CT molecular complexity index is 238. The number of ether oxygens (including phenoxy) is 1. The number of aliphatic carboxylic acids is 1. The quantitative estimate of drug-likeness (QED) is 0.644. The van der Waals surface area contributed by atoms with Crippen LogP contribution in [-0.4, -0.2) is 36.7 Å². The lowest BCUT2D eigenvalue weighted by atomic mass is 10.2. The normalized spacial score (nSPS) is 17.1. The number of amides is 1. The van der Waals surface area contributed by atoms with Crippen LogP contribution < -0.4 is 5.32 Å². The van der Waals surface area contributed by atoms with E-state index >= 15 is 0 Å². The zero-order valence-electron chi connectivity index (χ0n) is 8.86. The molecule has 1 saturated carbocycles. The molecule has 0 saturated heterocycles. The molecule has 0 aromatic carbocycles. The fourth-order valence-corrected chi connectivity index (χ4v) is 1.35. The molecular weight excluding hydrogens is 198 g/mol. The monoisotopic (exact) mass is 215 g/mol. The molecule has 0 spiro atoms. The highest BCUT2D eigenvalue weighted by atomic mass is 16.5. The van der Waals surface area contributed by atoms with Crippen LogP contribution in [0.15, 0.2) is 0 Å². The van der Waals surface area contributed by atoms with Crippen LogP contribution in [0.4, 0.5) is 0 Å². The fraction of sp³-hybridized carbons (Fsp3) is 0.800. The molecule has 1 aliphatic rings. The number of rotatable bonds is 7. The number of carboxylic acid groups (broad SMARTS) is 1. The summed E-state index contributed by atoms with van der Waals surface area (Å²) in [5.74, 6) is -0.579. The summed E-state index contributed by atoms with van der Waals surface area (Å²) in [5.41, 5.74) is 0. The van der Waals surface area contributed by atoms with Crippen LogP contribution in [-0.2, 0) is 14.3 Å². The number of carboxylic acids is 1. The van der Waals surface area contributed by atoms with Crippen LogP contribution in [0.25, 0.3) is 0 Å². The minimum absolute atomic E-state index is 0.00447. The van der Waals surface area contributed by atoms with Crippen molar-refractivity contribution in [1.29, 1.82) is 0 Å². The molecule has 5 nitrogen and oxygen atoms in total. The molecule has 5 heteroatoms. The highest BCUT2D eigenvalue weighted by Gasteiger charge is 2.24. The maximum absolute atomic E-state index is 11.3. The van der Waals surface area contributed by atoms with Crippen molar-refractivity contribution in [3.05, 3.63) is 0 Å². The van der Waals surface area contributed by atoms with E-state index in [4.69, 9.17) is 9.84 Å². The second-order valence-corrected chi connectivity index (χ2v) is 3.90. The lowest BCUT2D eigenvalue weighted by Crippen LogP contribution is -2.43. The van der Waals surface area contributed by atoms with Gasteiger partial charge in [-0.2, -0.15) is 0 Å². The summed E-state index contributed by atoms with van der Waals surface area (Å²) < 4.78 is 4.71. The first-order chi connectivity index (χ1) is 7.13. The summed E-state index contributed by atoms with van der Waals surface area (Å²) in [6.07, 6.45) is 3.69. The van der Waals surface area contributed by atoms with Gasteiger partial charge in [0.2, 0.25) is 5.91 Å². The first-order valence-electron chi connectivity index (χ1n) is 5.14. The van der Waals surface area contributed by atoms with E-state index in [0.717, 1.165) is 6.42 Å². The van der Waals surface area contributed by atoms with E-state index in [0.29, 0.717) is 12.3 Å². The molecule has 15 heavy (non-hydrogen) atoms. The summed E-state index contributed by atoms with van der Waals surface area (Å²) in [6.45, 7) is 0.00447. The minimum Gasteiger partial charge on any atom is -0.480 e. The van der Waals surface area contributed by atoms with Gasteiger partial charge < -0.3 is 15.2 Å². The highest BCUT2D eigenvalue weighted by molar-refractivity contribution is 5.83. The number of hydrogen-bond donors (Lipinski definition) is 2. The molecule has 2 N–H and O–H groups in total. The zero-order chi connectivity index (χ0) is 11.3. The zero-order valence-corrected chi connectivity index (χ0v) is 8.86. The molecule has 1 fully saturated rings. The standard InChI is InChI=1S/C10H17NO4/c1-15-6-8(10(13)14)11-9(12)5-4-7-2-3-7/h7-8H,2-6H2,1H3,(H,11,12)(H,13,14). The predicted octanol–water partition coefficient (Wildman–Crippen LogP) is 0.392. The van der Waals surface area contributed by atoms with E-state index in [-0.39, 0.29) is 12.5 Å². The smallest absolute Gasteiger partial charge is 0.328 e. The van der Waals surface area contributed by atoms with E-state index in [1.165, 1.54) is 20.0 Å². The van der Waals surface area contributed by atoms with E-state index in [9.17, 15) is 9.59 Å². The van der Waals surface area contributed by atoms with Crippen molar-refractivity contribution in [1.82, 2.24) is 5.32 Å². The van der Waals surface area contributed by atoms with E-state index in [2.05, 4.69) is 5.32 Å². The molecule has 0 aromatic heterocycles. The van der Waals surface area contributed by atoms with Gasteiger partial charge in [-0.1, -0.05) is 12.8 Å². The Morgan fingerprint density at radius 2 is 2.20 bits per heavy atom. The number of nitrogens with one attached hydrogen (secondary N) is 1. The Kier molecular flexibility index (Phi) is 4.55. The van der Waals surface area contributed by atoms with E-state index in [1.54, 1.807) is 0 Å². The number of methoxy groups -OCH3 is 1. The van der Waals surface area contributed by atoms with Crippen LogP contribution in [0.3, 0.4) is 0 Å². The Morgan fingerprint density at radius 1 is 1.53 bits per heavy atom. The molecule has 86 valence electrons. The van der Waals surface area contributed by atoms with Crippen LogP contribution in [0.2, 0.25) is 0 Å². The van der Waals surface area contributed by atoms with Gasteiger partial charge in [-0.3, -0.25) is 4.79 Å². The van der Waals surface area contributed by atoms with Gasteiger partial charge in [-0.25, -0.2) is 4.79 Å². The van der Waals surface area contributed by atoms with E-state index < -0.39 is 12.0 Å². The van der Waals surface area contributed by atoms with Crippen molar-refractivity contribution in [3.63, 3.8) is 0 Å². The van der Waals surface area contributed by atoms with Crippen LogP contribution in [0.5, 0.6) is 0 Å². The second kappa shape index (κ2) is 5.70. The van der Waals surface area contributed by atoms with Gasteiger partial charge in [0.1, 0.15) is 0 Å². The molecule has 1 rings (SSSR count). The van der Waals surface area contributed by atoms with Crippen molar-refractivity contribution in [2.24, 2.45) is 5.92 Å². The average molecular weight is 215 g/mol. The van der Waals surface area contributed by atoms with Crippen molar-refractivity contribution in [2.75, 3.05) is 13.7 Å². The molecule has 0 heterocycles. The van der Waals surface area contributed by atoms with Crippen LogP contribution >= 0.6 is 0 Å². The summed E-state index contributed by atoms with van der Waals surface area (Å²) in [6, 6.07) is -0.929. The molecule has 0 bridgehead atoms. The van der Waals surface area contributed by atoms with Gasteiger partial charge in [0, 0.05) is 13.5 Å². The SMILES string of the molecule is COCC(NC(=O)CCC1CC1)C(=O)O.